The molecule has 2 atom stereocenters. The van der Waals surface area contributed by atoms with E-state index in [1.807, 2.05) is 0 Å². The summed E-state index contributed by atoms with van der Waals surface area (Å²) >= 11 is 6.20. The summed E-state index contributed by atoms with van der Waals surface area (Å²) in [5.41, 5.74) is 7.11. The Kier molecular flexibility index (Phi) is 6.35. The highest BCUT2D eigenvalue weighted by Crippen LogP contribution is 2.73. The highest BCUT2D eigenvalue weighted by atomic mass is 32.1. The van der Waals surface area contributed by atoms with Gasteiger partial charge in [0.15, 0.2) is 0 Å². The molecule has 0 aromatic heterocycles. The summed E-state index contributed by atoms with van der Waals surface area (Å²) in [6.07, 6.45) is 8.46. The molecule has 33 heavy (non-hydrogen) atoms. The number of thiocarbonyl (C=S) groups is 1. The molecule has 5 saturated carbocycles. The van der Waals surface area contributed by atoms with Crippen LogP contribution in [0.1, 0.15) is 83.1 Å². The maximum Gasteiger partial charge on any atom is 0.239 e. The van der Waals surface area contributed by atoms with Gasteiger partial charge < -0.3 is 11.1 Å². The molecule has 5 heteroatoms. The van der Waals surface area contributed by atoms with E-state index in [4.69, 9.17) is 18.0 Å². The second kappa shape index (κ2) is 8.86. The fraction of sp³-hybridized carbons (Fsp3) is 0.750. The van der Waals surface area contributed by atoms with Crippen molar-refractivity contribution in [1.82, 2.24) is 5.32 Å². The summed E-state index contributed by atoms with van der Waals surface area (Å²) in [4.78, 5) is 1.04. The van der Waals surface area contributed by atoms with Gasteiger partial charge in [-0.2, -0.15) is 0 Å². The first-order valence-electron chi connectivity index (χ1n) is 13.2. The van der Waals surface area contributed by atoms with Gasteiger partial charge in [-0.25, -0.2) is 8.78 Å². The van der Waals surface area contributed by atoms with Crippen molar-refractivity contribution in [2.45, 2.75) is 95.4 Å². The minimum absolute atomic E-state index is 0.0392. The summed E-state index contributed by atoms with van der Waals surface area (Å²) in [6, 6.07) is 11.3. The van der Waals surface area contributed by atoms with Gasteiger partial charge in [0.1, 0.15) is 0 Å². The molecule has 6 rings (SSSR count). The van der Waals surface area contributed by atoms with Gasteiger partial charge in [-0.05, 0) is 105 Å². The molecule has 0 heterocycles. The molecule has 1 aromatic carbocycles. The summed E-state index contributed by atoms with van der Waals surface area (Å²) in [5, 5.41) is 3.82. The lowest BCUT2D eigenvalue weighted by molar-refractivity contribution is -0.161. The van der Waals surface area contributed by atoms with Crippen molar-refractivity contribution in [1.29, 1.82) is 0 Å². The standard InChI is InChI=1S/C28H40F2N2S/c1-2-28(16-24(29)30)21-12-26(20-6-4-3-5-7-20)13-22(28)15-27(14-21,18-26)25(33)32-23-10-8-19(17-31)9-11-23/h3-7,19,21-24H,2,8-18,31H2,1H3,(H,32,33). The monoisotopic (exact) mass is 474 g/mol. The molecule has 182 valence electrons. The van der Waals surface area contributed by atoms with Crippen LogP contribution in [0.4, 0.5) is 8.78 Å². The van der Waals surface area contributed by atoms with Gasteiger partial charge >= 0.3 is 0 Å². The Hall–Kier alpha value is -1.07. The Bertz CT molecular complexity index is 833. The minimum Gasteiger partial charge on any atom is -0.376 e. The number of halogens is 2. The molecule has 2 nitrogen and oxygen atoms in total. The molecule has 0 saturated heterocycles. The van der Waals surface area contributed by atoms with Crippen LogP contribution in [-0.4, -0.2) is 24.0 Å². The Morgan fingerprint density at radius 3 is 2.24 bits per heavy atom. The summed E-state index contributed by atoms with van der Waals surface area (Å²) in [5.74, 6) is 1.30. The van der Waals surface area contributed by atoms with Crippen LogP contribution in [0.3, 0.4) is 0 Å². The molecule has 1 aromatic rings. The molecule has 2 unspecified atom stereocenters. The van der Waals surface area contributed by atoms with Crippen LogP contribution in [0, 0.1) is 28.6 Å². The van der Waals surface area contributed by atoms with E-state index >= 15 is 0 Å². The van der Waals surface area contributed by atoms with Crippen LogP contribution in [0.25, 0.3) is 0 Å². The lowest BCUT2D eigenvalue weighted by Gasteiger charge is -2.69. The van der Waals surface area contributed by atoms with Gasteiger partial charge in [0.25, 0.3) is 0 Å². The Morgan fingerprint density at radius 1 is 1.06 bits per heavy atom. The second-order valence-corrected chi connectivity index (χ2v) is 12.3. The van der Waals surface area contributed by atoms with E-state index in [1.165, 1.54) is 18.4 Å². The quantitative estimate of drug-likeness (QED) is 0.436. The fourth-order valence-electron chi connectivity index (χ4n) is 8.90. The van der Waals surface area contributed by atoms with E-state index in [-0.39, 0.29) is 22.7 Å². The minimum atomic E-state index is -2.23. The lowest BCUT2D eigenvalue weighted by atomic mass is 9.35. The predicted molar refractivity (Wildman–Crippen MR) is 134 cm³/mol. The molecule has 5 aliphatic rings. The van der Waals surface area contributed by atoms with Crippen molar-refractivity contribution in [3.63, 3.8) is 0 Å². The summed E-state index contributed by atoms with van der Waals surface area (Å²) in [6.45, 7) is 2.94. The third-order valence-corrected chi connectivity index (χ3v) is 11.0. The van der Waals surface area contributed by atoms with Crippen molar-refractivity contribution in [2.75, 3.05) is 6.54 Å². The normalized spacial score (nSPS) is 42.0. The second-order valence-electron chi connectivity index (χ2n) is 11.9. The van der Waals surface area contributed by atoms with Crippen molar-refractivity contribution in [3.05, 3.63) is 35.9 Å². The average molecular weight is 475 g/mol. The number of benzene rings is 1. The molecule has 4 bridgehead atoms. The molecule has 0 amide bonds. The zero-order valence-electron chi connectivity index (χ0n) is 20.0. The molecule has 0 spiro atoms. The first-order chi connectivity index (χ1) is 15.8. The zero-order valence-corrected chi connectivity index (χ0v) is 20.8. The van der Waals surface area contributed by atoms with E-state index in [9.17, 15) is 8.78 Å². The third kappa shape index (κ3) is 3.95. The number of rotatable bonds is 7. The largest absolute Gasteiger partial charge is 0.376 e. The Labute approximate surface area is 203 Å². The Balaban J connectivity index is 1.45. The van der Waals surface area contributed by atoms with Crippen LogP contribution in [0.15, 0.2) is 30.3 Å². The molecule has 0 radical (unpaired) electrons. The van der Waals surface area contributed by atoms with Crippen LogP contribution in [-0.2, 0) is 5.41 Å². The fourth-order valence-corrected chi connectivity index (χ4v) is 9.30. The molecule has 0 aliphatic heterocycles. The van der Waals surface area contributed by atoms with Gasteiger partial charge in [-0.1, -0.05) is 49.5 Å². The van der Waals surface area contributed by atoms with E-state index in [1.54, 1.807) is 0 Å². The van der Waals surface area contributed by atoms with E-state index in [0.717, 1.165) is 62.9 Å². The van der Waals surface area contributed by atoms with Crippen LogP contribution < -0.4 is 11.1 Å². The van der Waals surface area contributed by atoms with Crippen molar-refractivity contribution in [2.24, 2.45) is 34.3 Å². The smallest absolute Gasteiger partial charge is 0.239 e. The summed E-state index contributed by atoms with van der Waals surface area (Å²) in [7, 11) is 0. The van der Waals surface area contributed by atoms with Gasteiger partial charge in [-0.3, -0.25) is 0 Å². The number of nitrogens with two attached hydrogens (primary N) is 1. The maximum atomic E-state index is 13.9. The molecule has 5 aliphatic carbocycles. The average Bonchev–Trinajstić information content (AvgIpc) is 2.82. The zero-order chi connectivity index (χ0) is 23.3. The molecule has 3 N–H and O–H groups in total. The van der Waals surface area contributed by atoms with Crippen LogP contribution >= 0.6 is 12.2 Å². The third-order valence-electron chi connectivity index (χ3n) is 10.4. The highest BCUT2D eigenvalue weighted by molar-refractivity contribution is 7.80. The molecular weight excluding hydrogens is 434 g/mol. The first-order valence-corrected chi connectivity index (χ1v) is 13.6. The molecule has 5 fully saturated rings. The summed E-state index contributed by atoms with van der Waals surface area (Å²) < 4.78 is 27.7. The molecular formula is C28H40F2N2S. The van der Waals surface area contributed by atoms with Crippen molar-refractivity contribution >= 4 is 17.2 Å². The Morgan fingerprint density at radius 2 is 1.70 bits per heavy atom. The van der Waals surface area contributed by atoms with Gasteiger partial charge in [0.2, 0.25) is 6.43 Å². The van der Waals surface area contributed by atoms with Gasteiger partial charge in [0, 0.05) is 17.9 Å². The van der Waals surface area contributed by atoms with E-state index in [0.29, 0.717) is 23.8 Å². The van der Waals surface area contributed by atoms with E-state index in [2.05, 4.69) is 42.6 Å². The topological polar surface area (TPSA) is 38.0 Å². The van der Waals surface area contributed by atoms with Crippen LogP contribution in [0.2, 0.25) is 0 Å². The number of alkyl halides is 2. The predicted octanol–water partition coefficient (Wildman–Crippen LogP) is 6.62. The van der Waals surface area contributed by atoms with Crippen molar-refractivity contribution < 1.29 is 8.78 Å². The van der Waals surface area contributed by atoms with E-state index < -0.39 is 6.43 Å². The lowest BCUT2D eigenvalue weighted by Crippen LogP contribution is -2.65. The maximum absolute atomic E-state index is 13.9. The number of hydrogen-bond donors (Lipinski definition) is 2. The number of nitrogens with one attached hydrogen (secondary N) is 1. The number of hydrogen-bond acceptors (Lipinski definition) is 2. The van der Waals surface area contributed by atoms with Gasteiger partial charge in [0.05, 0.1) is 4.99 Å². The highest BCUT2D eigenvalue weighted by Gasteiger charge is 2.67. The SMILES string of the molecule is CCC1(CC(F)F)C2CC3(C(=S)NC4CCC(CN)CC4)CC1CC(c1ccccc1)(C2)C3. The van der Waals surface area contributed by atoms with Gasteiger partial charge in [-0.15, -0.1) is 0 Å². The van der Waals surface area contributed by atoms with Crippen LogP contribution in [0.5, 0.6) is 0 Å². The van der Waals surface area contributed by atoms with Crippen molar-refractivity contribution in [3.8, 4) is 0 Å². The first kappa shape index (κ1) is 23.7.